The quantitative estimate of drug-likeness (QED) is 0.286. The Labute approximate surface area is 181 Å². The highest BCUT2D eigenvalue weighted by molar-refractivity contribution is 14.0. The van der Waals surface area contributed by atoms with Crippen LogP contribution in [0.3, 0.4) is 0 Å². The summed E-state index contributed by atoms with van der Waals surface area (Å²) >= 11 is 0. The van der Waals surface area contributed by atoms with Gasteiger partial charge in [-0.15, -0.1) is 24.0 Å². The Morgan fingerprint density at radius 1 is 1.18 bits per heavy atom. The van der Waals surface area contributed by atoms with Gasteiger partial charge >= 0.3 is 6.61 Å². The van der Waals surface area contributed by atoms with Gasteiger partial charge in [0.25, 0.3) is 0 Å². The summed E-state index contributed by atoms with van der Waals surface area (Å²) in [6.45, 7) is 2.47. The lowest BCUT2D eigenvalue weighted by atomic mass is 10.1. The zero-order valence-corrected chi connectivity index (χ0v) is 18.2. The fraction of sp³-hybridized carbons (Fsp3) is 0.350. The van der Waals surface area contributed by atoms with Crippen LogP contribution in [-0.4, -0.2) is 30.8 Å². The summed E-state index contributed by atoms with van der Waals surface area (Å²) in [4.78, 5) is 4.46. The van der Waals surface area contributed by atoms with Gasteiger partial charge in [0.2, 0.25) is 0 Å². The number of guanidine groups is 1. The molecule has 0 aliphatic rings. The number of halogens is 3. The van der Waals surface area contributed by atoms with Crippen LogP contribution in [0.1, 0.15) is 23.6 Å². The number of phenolic OH excluding ortho intramolecular Hbond substituents is 1. The molecule has 0 spiro atoms. The van der Waals surface area contributed by atoms with E-state index in [4.69, 9.17) is 0 Å². The van der Waals surface area contributed by atoms with Gasteiger partial charge in [0, 0.05) is 18.7 Å². The maximum atomic E-state index is 12.6. The van der Waals surface area contributed by atoms with E-state index < -0.39 is 6.61 Å². The normalized spacial score (nSPS) is 11.1. The van der Waals surface area contributed by atoms with Crippen molar-refractivity contribution < 1.29 is 18.6 Å². The van der Waals surface area contributed by atoms with Gasteiger partial charge in [-0.2, -0.15) is 8.78 Å². The van der Waals surface area contributed by atoms with Crippen LogP contribution in [-0.2, 0) is 13.0 Å². The fourth-order valence-corrected chi connectivity index (χ4v) is 2.59. The van der Waals surface area contributed by atoms with Crippen molar-refractivity contribution in [1.82, 2.24) is 10.6 Å². The monoisotopic (exact) mass is 505 g/mol. The second-order valence-corrected chi connectivity index (χ2v) is 6.03. The molecule has 2 aromatic carbocycles. The van der Waals surface area contributed by atoms with Crippen LogP contribution in [0.25, 0.3) is 0 Å². The van der Waals surface area contributed by atoms with E-state index in [0.717, 1.165) is 11.1 Å². The van der Waals surface area contributed by atoms with Gasteiger partial charge in [-0.3, -0.25) is 0 Å². The Bertz CT molecular complexity index is 773. The third kappa shape index (κ3) is 8.28. The number of nitrogens with zero attached hydrogens (tertiary/aromatic N) is 1. The van der Waals surface area contributed by atoms with E-state index >= 15 is 0 Å². The van der Waals surface area contributed by atoms with E-state index in [1.165, 1.54) is 6.07 Å². The largest absolute Gasteiger partial charge is 0.508 e. The molecule has 28 heavy (non-hydrogen) atoms. The van der Waals surface area contributed by atoms with Crippen LogP contribution in [0.15, 0.2) is 47.5 Å². The van der Waals surface area contributed by atoms with Crippen LogP contribution in [0, 0.1) is 6.92 Å². The lowest BCUT2D eigenvalue weighted by Crippen LogP contribution is -2.38. The van der Waals surface area contributed by atoms with E-state index in [-0.39, 0.29) is 42.0 Å². The first-order valence-corrected chi connectivity index (χ1v) is 8.82. The Hall–Kier alpha value is -2.10. The molecule has 0 amide bonds. The molecule has 0 fully saturated rings. The number of alkyl halides is 2. The first-order valence-electron chi connectivity index (χ1n) is 8.82. The van der Waals surface area contributed by atoms with E-state index in [2.05, 4.69) is 20.4 Å². The number of aryl methyl sites for hydroxylation is 1. The summed E-state index contributed by atoms with van der Waals surface area (Å²) in [5.74, 6) is 0.955. The van der Waals surface area contributed by atoms with Gasteiger partial charge in [0.15, 0.2) is 5.96 Å². The number of aliphatic imine (C=N–C) groups is 1. The van der Waals surface area contributed by atoms with Crippen LogP contribution >= 0.6 is 24.0 Å². The van der Waals surface area contributed by atoms with Crippen molar-refractivity contribution in [2.45, 2.75) is 33.4 Å². The van der Waals surface area contributed by atoms with Crippen LogP contribution in [0.4, 0.5) is 8.78 Å². The zero-order valence-electron chi connectivity index (χ0n) is 15.9. The molecule has 3 N–H and O–H groups in total. The van der Waals surface area contributed by atoms with Gasteiger partial charge < -0.3 is 20.5 Å². The number of ether oxygens (including phenoxy) is 1. The SMILES string of the molecule is CCNC(=NCc1cc(C)ccc1OC(F)F)NCCc1cccc(O)c1.I. The second kappa shape index (κ2) is 12.4. The minimum atomic E-state index is -2.87. The molecular formula is C20H26F2IN3O2. The van der Waals surface area contributed by atoms with Crippen molar-refractivity contribution in [2.24, 2.45) is 4.99 Å². The molecule has 154 valence electrons. The summed E-state index contributed by atoms with van der Waals surface area (Å²) in [6.07, 6.45) is 0.711. The number of aromatic hydroxyl groups is 1. The lowest BCUT2D eigenvalue weighted by Gasteiger charge is -2.13. The van der Waals surface area contributed by atoms with Crippen molar-refractivity contribution in [2.75, 3.05) is 13.1 Å². The first-order chi connectivity index (χ1) is 13.0. The summed E-state index contributed by atoms with van der Waals surface area (Å²) in [5, 5.41) is 15.8. The number of rotatable bonds is 8. The molecule has 0 saturated carbocycles. The van der Waals surface area contributed by atoms with Crippen LogP contribution in [0.5, 0.6) is 11.5 Å². The highest BCUT2D eigenvalue weighted by Crippen LogP contribution is 2.22. The Morgan fingerprint density at radius 2 is 1.96 bits per heavy atom. The summed E-state index contributed by atoms with van der Waals surface area (Å²) < 4.78 is 29.7. The molecular weight excluding hydrogens is 479 g/mol. The van der Waals surface area contributed by atoms with E-state index in [1.807, 2.05) is 19.9 Å². The van der Waals surface area contributed by atoms with Gasteiger partial charge in [0.1, 0.15) is 11.5 Å². The number of hydrogen-bond donors (Lipinski definition) is 3. The molecule has 2 rings (SSSR count). The Kier molecular flexibility index (Phi) is 10.6. The topological polar surface area (TPSA) is 65.9 Å². The molecule has 0 saturated heterocycles. The summed E-state index contributed by atoms with van der Waals surface area (Å²) in [6, 6.07) is 12.1. The number of hydrogen-bond acceptors (Lipinski definition) is 3. The predicted octanol–water partition coefficient (Wildman–Crippen LogP) is 4.22. The predicted molar refractivity (Wildman–Crippen MR) is 118 cm³/mol. The number of benzene rings is 2. The Morgan fingerprint density at radius 3 is 2.64 bits per heavy atom. The number of phenols is 1. The van der Waals surface area contributed by atoms with Gasteiger partial charge in [0.05, 0.1) is 6.54 Å². The maximum absolute atomic E-state index is 12.6. The highest BCUT2D eigenvalue weighted by Gasteiger charge is 2.10. The van der Waals surface area contributed by atoms with Crippen LogP contribution < -0.4 is 15.4 Å². The van der Waals surface area contributed by atoms with E-state index in [9.17, 15) is 13.9 Å². The van der Waals surface area contributed by atoms with Crippen molar-refractivity contribution >= 4 is 29.9 Å². The molecule has 5 nitrogen and oxygen atoms in total. The molecule has 0 radical (unpaired) electrons. The number of nitrogens with one attached hydrogen (secondary N) is 2. The average molecular weight is 505 g/mol. The standard InChI is InChI=1S/C20H25F2N3O2.HI/c1-3-23-20(24-10-9-15-5-4-6-17(26)12-15)25-13-16-11-14(2)7-8-18(16)27-19(21)22;/h4-8,11-12,19,26H,3,9-10,13H2,1-2H3,(H2,23,24,25);1H. The zero-order chi connectivity index (χ0) is 19.6. The molecule has 8 heteroatoms. The highest BCUT2D eigenvalue weighted by atomic mass is 127. The van der Waals surface area contributed by atoms with Crippen molar-refractivity contribution in [3.05, 3.63) is 59.2 Å². The van der Waals surface area contributed by atoms with Gasteiger partial charge in [-0.05, 0) is 44.0 Å². The molecule has 0 aromatic heterocycles. The maximum Gasteiger partial charge on any atom is 0.387 e. The lowest BCUT2D eigenvalue weighted by molar-refractivity contribution is -0.0504. The molecule has 0 atom stereocenters. The van der Waals surface area contributed by atoms with E-state index in [0.29, 0.717) is 31.0 Å². The molecule has 0 heterocycles. The summed E-state index contributed by atoms with van der Waals surface area (Å²) in [5.41, 5.74) is 2.55. The third-order valence-corrected chi connectivity index (χ3v) is 3.80. The minimum Gasteiger partial charge on any atom is -0.508 e. The Balaban J connectivity index is 0.00000392. The fourth-order valence-electron chi connectivity index (χ4n) is 2.59. The second-order valence-electron chi connectivity index (χ2n) is 6.03. The molecule has 2 aromatic rings. The summed E-state index contributed by atoms with van der Waals surface area (Å²) in [7, 11) is 0. The molecule has 0 bridgehead atoms. The van der Waals surface area contributed by atoms with E-state index in [1.54, 1.807) is 30.3 Å². The van der Waals surface area contributed by atoms with Crippen molar-refractivity contribution in [1.29, 1.82) is 0 Å². The minimum absolute atomic E-state index is 0. The van der Waals surface area contributed by atoms with Gasteiger partial charge in [-0.1, -0.05) is 29.8 Å². The molecule has 0 aliphatic heterocycles. The van der Waals surface area contributed by atoms with Crippen molar-refractivity contribution in [3.8, 4) is 11.5 Å². The molecule has 0 unspecified atom stereocenters. The van der Waals surface area contributed by atoms with Crippen LogP contribution in [0.2, 0.25) is 0 Å². The first kappa shape index (κ1) is 23.9. The molecule has 0 aliphatic carbocycles. The third-order valence-electron chi connectivity index (χ3n) is 3.80. The van der Waals surface area contributed by atoms with Crippen molar-refractivity contribution in [3.63, 3.8) is 0 Å². The smallest absolute Gasteiger partial charge is 0.387 e. The van der Waals surface area contributed by atoms with Gasteiger partial charge in [-0.25, -0.2) is 4.99 Å². The average Bonchev–Trinajstić information content (AvgIpc) is 2.61.